The zero-order valence-corrected chi connectivity index (χ0v) is 16.3. The Labute approximate surface area is 162 Å². The summed E-state index contributed by atoms with van der Waals surface area (Å²) in [5.74, 6) is 0.804. The van der Waals surface area contributed by atoms with Gasteiger partial charge >= 0.3 is 0 Å². The van der Waals surface area contributed by atoms with Crippen molar-refractivity contribution in [3.8, 4) is 10.7 Å². The van der Waals surface area contributed by atoms with Crippen LogP contribution >= 0.6 is 23.6 Å². The van der Waals surface area contributed by atoms with Crippen molar-refractivity contribution in [3.05, 3.63) is 58.2 Å². The van der Waals surface area contributed by atoms with Gasteiger partial charge in [-0.05, 0) is 35.6 Å². The van der Waals surface area contributed by atoms with Crippen molar-refractivity contribution in [2.75, 3.05) is 0 Å². The number of hydrogen-bond acceptors (Lipinski definition) is 4. The maximum Gasteiger partial charge on any atom is 0.222 e. The molecular weight excluding hydrogens is 364 g/mol. The van der Waals surface area contributed by atoms with Crippen LogP contribution in [0, 0.1) is 4.77 Å². The predicted octanol–water partition coefficient (Wildman–Crippen LogP) is 4.72. The quantitative estimate of drug-likeness (QED) is 0.551. The summed E-state index contributed by atoms with van der Waals surface area (Å²) in [6.07, 6.45) is 2.29. The van der Waals surface area contributed by atoms with Crippen molar-refractivity contribution >= 4 is 29.5 Å². The van der Waals surface area contributed by atoms with Crippen LogP contribution in [0.1, 0.15) is 37.8 Å². The van der Waals surface area contributed by atoms with E-state index < -0.39 is 0 Å². The average Bonchev–Trinajstić information content (AvgIpc) is 3.30. The van der Waals surface area contributed by atoms with Gasteiger partial charge < -0.3 is 5.32 Å². The summed E-state index contributed by atoms with van der Waals surface area (Å²) < 4.78 is 2.42. The highest BCUT2D eigenvalue weighted by molar-refractivity contribution is 7.71. The second-order valence-electron chi connectivity index (χ2n) is 6.05. The zero-order chi connectivity index (χ0) is 18.4. The molecule has 0 aliphatic carbocycles. The number of benzene rings is 1. The molecule has 2 N–H and O–H groups in total. The summed E-state index contributed by atoms with van der Waals surface area (Å²) in [6.45, 7) is 2.63. The summed E-state index contributed by atoms with van der Waals surface area (Å²) in [5, 5.41) is 12.3. The van der Waals surface area contributed by atoms with Crippen LogP contribution in [-0.4, -0.2) is 20.7 Å². The molecule has 0 aliphatic rings. The lowest BCUT2D eigenvalue weighted by Crippen LogP contribution is -2.29. The van der Waals surface area contributed by atoms with Crippen molar-refractivity contribution in [1.82, 2.24) is 20.1 Å². The monoisotopic (exact) mass is 386 g/mol. The third-order valence-electron chi connectivity index (χ3n) is 4.18. The van der Waals surface area contributed by atoms with Crippen LogP contribution in [0.2, 0.25) is 0 Å². The van der Waals surface area contributed by atoms with E-state index in [4.69, 9.17) is 12.2 Å². The number of thiophene rings is 1. The third kappa shape index (κ3) is 4.47. The summed E-state index contributed by atoms with van der Waals surface area (Å²) in [6, 6.07) is 14.1. The molecule has 26 heavy (non-hydrogen) atoms. The second-order valence-corrected chi connectivity index (χ2v) is 7.39. The lowest BCUT2D eigenvalue weighted by Gasteiger charge is -2.19. The fraction of sp³-hybridized carbons (Fsp3) is 0.316. The zero-order valence-electron chi connectivity index (χ0n) is 14.6. The lowest BCUT2D eigenvalue weighted by atomic mass is 10.0. The molecule has 5 nitrogen and oxygen atoms in total. The minimum absolute atomic E-state index is 0.0209. The Morgan fingerprint density at radius 2 is 2.12 bits per heavy atom. The van der Waals surface area contributed by atoms with Crippen molar-refractivity contribution in [3.63, 3.8) is 0 Å². The molecule has 2 aromatic heterocycles. The first-order valence-electron chi connectivity index (χ1n) is 8.72. The molecule has 3 aromatic rings. The topological polar surface area (TPSA) is 62.7 Å². The van der Waals surface area contributed by atoms with Crippen LogP contribution < -0.4 is 5.32 Å². The lowest BCUT2D eigenvalue weighted by molar-refractivity contribution is -0.122. The summed E-state index contributed by atoms with van der Waals surface area (Å²) in [4.78, 5) is 13.6. The molecular formula is C19H22N4OS2. The highest BCUT2D eigenvalue weighted by atomic mass is 32.1. The van der Waals surface area contributed by atoms with Crippen LogP contribution in [0.3, 0.4) is 0 Å². The fourth-order valence-corrected chi connectivity index (χ4v) is 3.84. The molecule has 0 radical (unpaired) electrons. The molecule has 0 aliphatic heterocycles. The standard InChI is InChI=1S/C19H22N4OS2/c1-2-7-15(14-8-4-3-5-9-14)20-17(24)11-12-23-18(21-22-19(23)25)16-10-6-13-26-16/h3-6,8-10,13,15H,2,7,11-12H2,1H3,(H,20,24)(H,22,25)/t15-/m0/s1. The van der Waals surface area contributed by atoms with Crippen LogP contribution in [0.4, 0.5) is 0 Å². The number of nitrogens with zero attached hydrogens (tertiary/aromatic N) is 2. The average molecular weight is 387 g/mol. The Balaban J connectivity index is 1.66. The van der Waals surface area contributed by atoms with Gasteiger partial charge in [0.05, 0.1) is 10.9 Å². The van der Waals surface area contributed by atoms with E-state index in [1.54, 1.807) is 11.3 Å². The van der Waals surface area contributed by atoms with E-state index in [9.17, 15) is 4.79 Å². The molecule has 136 valence electrons. The molecule has 0 saturated carbocycles. The Hall–Kier alpha value is -2.25. The van der Waals surface area contributed by atoms with E-state index in [1.807, 2.05) is 40.3 Å². The molecule has 3 rings (SSSR count). The van der Waals surface area contributed by atoms with Gasteiger partial charge in [0.1, 0.15) is 0 Å². The van der Waals surface area contributed by atoms with Crippen molar-refractivity contribution in [2.24, 2.45) is 0 Å². The molecule has 7 heteroatoms. The van der Waals surface area contributed by atoms with Crippen molar-refractivity contribution in [1.29, 1.82) is 0 Å². The first kappa shape index (κ1) is 18.5. The van der Waals surface area contributed by atoms with Gasteiger partial charge in [0.2, 0.25) is 5.91 Å². The van der Waals surface area contributed by atoms with Gasteiger partial charge in [-0.1, -0.05) is 49.7 Å². The van der Waals surface area contributed by atoms with E-state index in [0.717, 1.165) is 29.1 Å². The Morgan fingerprint density at radius 3 is 2.81 bits per heavy atom. The van der Waals surface area contributed by atoms with Gasteiger partial charge in [-0.25, -0.2) is 0 Å². The predicted molar refractivity (Wildman–Crippen MR) is 108 cm³/mol. The maximum atomic E-state index is 12.5. The van der Waals surface area contributed by atoms with Crippen molar-refractivity contribution < 1.29 is 4.79 Å². The fourth-order valence-electron chi connectivity index (χ4n) is 2.90. The number of amides is 1. The molecule has 0 saturated heterocycles. The SMILES string of the molecule is CCC[C@H](NC(=O)CCn1c(-c2cccs2)n[nH]c1=S)c1ccccc1. The summed E-state index contributed by atoms with van der Waals surface area (Å²) in [5.41, 5.74) is 1.14. The molecule has 1 amide bonds. The van der Waals surface area contributed by atoms with Gasteiger partial charge in [0, 0.05) is 13.0 Å². The van der Waals surface area contributed by atoms with E-state index in [-0.39, 0.29) is 11.9 Å². The van der Waals surface area contributed by atoms with E-state index in [1.165, 1.54) is 0 Å². The van der Waals surface area contributed by atoms with Crippen molar-refractivity contribution in [2.45, 2.75) is 38.8 Å². The van der Waals surface area contributed by atoms with Crippen LogP contribution in [-0.2, 0) is 11.3 Å². The number of nitrogens with one attached hydrogen (secondary N) is 2. The van der Waals surface area contributed by atoms with Crippen LogP contribution in [0.5, 0.6) is 0 Å². The Bertz CT molecular complexity index is 884. The molecule has 1 atom stereocenters. The van der Waals surface area contributed by atoms with Crippen LogP contribution in [0.15, 0.2) is 47.8 Å². The second kappa shape index (κ2) is 8.91. The van der Waals surface area contributed by atoms with E-state index >= 15 is 0 Å². The first-order chi connectivity index (χ1) is 12.7. The number of carbonyl (C=O) groups excluding carboxylic acids is 1. The van der Waals surface area contributed by atoms with E-state index in [2.05, 4.69) is 34.6 Å². The van der Waals surface area contributed by atoms with Gasteiger partial charge in [0.25, 0.3) is 0 Å². The Kier molecular flexibility index (Phi) is 6.35. The molecule has 2 heterocycles. The summed E-state index contributed by atoms with van der Waals surface area (Å²) in [7, 11) is 0. The maximum absolute atomic E-state index is 12.5. The highest BCUT2D eigenvalue weighted by Crippen LogP contribution is 2.23. The molecule has 1 aromatic carbocycles. The highest BCUT2D eigenvalue weighted by Gasteiger charge is 2.15. The van der Waals surface area contributed by atoms with E-state index in [0.29, 0.717) is 17.7 Å². The van der Waals surface area contributed by atoms with Gasteiger partial charge in [-0.3, -0.25) is 14.5 Å². The third-order valence-corrected chi connectivity index (χ3v) is 5.35. The number of rotatable bonds is 8. The normalized spacial score (nSPS) is 12.0. The minimum atomic E-state index is 0.0209. The number of aromatic amines is 1. The number of hydrogen-bond donors (Lipinski definition) is 2. The van der Waals surface area contributed by atoms with Crippen LogP contribution in [0.25, 0.3) is 10.7 Å². The summed E-state index contributed by atoms with van der Waals surface area (Å²) >= 11 is 6.92. The smallest absolute Gasteiger partial charge is 0.222 e. The largest absolute Gasteiger partial charge is 0.349 e. The van der Waals surface area contributed by atoms with Gasteiger partial charge in [0.15, 0.2) is 10.6 Å². The molecule has 0 bridgehead atoms. The number of aromatic nitrogens is 3. The molecule has 0 fully saturated rings. The molecule has 0 spiro atoms. The number of carbonyl (C=O) groups is 1. The molecule has 0 unspecified atom stereocenters. The van der Waals surface area contributed by atoms with Gasteiger partial charge in [-0.2, -0.15) is 5.10 Å². The number of H-pyrrole nitrogens is 1. The minimum Gasteiger partial charge on any atom is -0.349 e. The van der Waals surface area contributed by atoms with Gasteiger partial charge in [-0.15, -0.1) is 11.3 Å². The first-order valence-corrected chi connectivity index (χ1v) is 10.0. The Morgan fingerprint density at radius 1 is 1.31 bits per heavy atom.